The van der Waals surface area contributed by atoms with E-state index in [1.54, 1.807) is 0 Å². The molecule has 1 aliphatic carbocycles. The standard InChI is InChI=1S/C18H26N2OS/c1-14(16-10-6-3-7-11-16)19-18(22)20-17(21)13-12-15-8-4-2-5-9-15/h3,6-7,10-11,14-15H,2,4-5,8-9,12-13H2,1H3,(H2,19,20,21,22). The average molecular weight is 318 g/mol. The minimum Gasteiger partial charge on any atom is -0.356 e. The van der Waals surface area contributed by atoms with Gasteiger partial charge in [0.05, 0.1) is 6.04 Å². The molecule has 1 aromatic rings. The zero-order chi connectivity index (χ0) is 15.8. The summed E-state index contributed by atoms with van der Waals surface area (Å²) in [5, 5.41) is 6.39. The Bertz CT molecular complexity index is 483. The summed E-state index contributed by atoms with van der Waals surface area (Å²) in [6, 6.07) is 10.2. The first-order chi connectivity index (χ1) is 10.6. The fourth-order valence-corrected chi connectivity index (χ4v) is 3.35. The Morgan fingerprint density at radius 2 is 1.91 bits per heavy atom. The second-order valence-corrected chi connectivity index (χ2v) is 6.60. The molecule has 0 radical (unpaired) electrons. The molecule has 1 unspecified atom stereocenters. The van der Waals surface area contributed by atoms with Gasteiger partial charge in [-0.15, -0.1) is 0 Å². The fraction of sp³-hybridized carbons (Fsp3) is 0.556. The van der Waals surface area contributed by atoms with Crippen LogP contribution in [0.4, 0.5) is 0 Å². The number of rotatable bonds is 5. The number of carbonyl (C=O) groups excluding carboxylic acids is 1. The van der Waals surface area contributed by atoms with E-state index < -0.39 is 0 Å². The lowest BCUT2D eigenvalue weighted by Gasteiger charge is -2.21. The Morgan fingerprint density at radius 1 is 1.23 bits per heavy atom. The highest BCUT2D eigenvalue weighted by Crippen LogP contribution is 2.27. The van der Waals surface area contributed by atoms with Crippen molar-refractivity contribution in [2.75, 3.05) is 0 Å². The number of amides is 1. The highest BCUT2D eigenvalue weighted by molar-refractivity contribution is 7.80. The predicted molar refractivity (Wildman–Crippen MR) is 94.5 cm³/mol. The molecule has 1 saturated carbocycles. The van der Waals surface area contributed by atoms with E-state index in [-0.39, 0.29) is 11.9 Å². The maximum absolute atomic E-state index is 12.0. The van der Waals surface area contributed by atoms with Crippen molar-refractivity contribution in [3.05, 3.63) is 35.9 Å². The normalized spacial score (nSPS) is 16.8. The SMILES string of the molecule is CC(NC(=S)NC(=O)CCC1CCCCC1)c1ccccc1. The molecule has 0 aromatic heterocycles. The number of benzene rings is 1. The lowest BCUT2D eigenvalue weighted by Crippen LogP contribution is -2.40. The smallest absolute Gasteiger partial charge is 0.226 e. The molecule has 0 spiro atoms. The van der Waals surface area contributed by atoms with Crippen molar-refractivity contribution in [2.45, 2.75) is 57.9 Å². The van der Waals surface area contributed by atoms with E-state index in [0.717, 1.165) is 17.9 Å². The minimum absolute atomic E-state index is 0.0309. The van der Waals surface area contributed by atoms with Gasteiger partial charge in [-0.05, 0) is 37.0 Å². The van der Waals surface area contributed by atoms with Crippen LogP contribution in [0.5, 0.6) is 0 Å². The van der Waals surface area contributed by atoms with Crippen LogP contribution in [0.15, 0.2) is 30.3 Å². The van der Waals surface area contributed by atoms with Gasteiger partial charge in [0, 0.05) is 6.42 Å². The zero-order valence-corrected chi connectivity index (χ0v) is 14.1. The second kappa shape index (κ2) is 8.89. The summed E-state index contributed by atoms with van der Waals surface area (Å²) < 4.78 is 0. The third-order valence-electron chi connectivity index (χ3n) is 4.40. The van der Waals surface area contributed by atoms with Crippen LogP contribution >= 0.6 is 12.2 Å². The lowest BCUT2D eigenvalue weighted by atomic mass is 9.86. The molecule has 0 aliphatic heterocycles. The molecule has 4 heteroatoms. The molecule has 0 heterocycles. The number of thiocarbonyl (C=S) groups is 1. The molecule has 2 rings (SSSR count). The summed E-state index contributed by atoms with van der Waals surface area (Å²) in [6.45, 7) is 2.04. The molecule has 2 N–H and O–H groups in total. The average Bonchev–Trinajstić information content (AvgIpc) is 2.54. The van der Waals surface area contributed by atoms with E-state index in [2.05, 4.69) is 10.6 Å². The van der Waals surface area contributed by atoms with Gasteiger partial charge in [-0.3, -0.25) is 4.79 Å². The van der Waals surface area contributed by atoms with Gasteiger partial charge in [-0.1, -0.05) is 62.4 Å². The van der Waals surface area contributed by atoms with Gasteiger partial charge >= 0.3 is 0 Å². The Morgan fingerprint density at radius 3 is 2.59 bits per heavy atom. The topological polar surface area (TPSA) is 41.1 Å². The first kappa shape index (κ1) is 16.9. The summed E-state index contributed by atoms with van der Waals surface area (Å²) in [5.74, 6) is 0.757. The molecular formula is C18H26N2OS. The molecule has 1 aromatic carbocycles. The van der Waals surface area contributed by atoms with Gasteiger partial charge in [0.1, 0.15) is 0 Å². The highest BCUT2D eigenvalue weighted by atomic mass is 32.1. The molecule has 120 valence electrons. The molecule has 0 saturated heterocycles. The van der Waals surface area contributed by atoms with Gasteiger partial charge in [0.15, 0.2) is 5.11 Å². The van der Waals surface area contributed by atoms with Gasteiger partial charge in [-0.25, -0.2) is 0 Å². The van der Waals surface area contributed by atoms with E-state index in [4.69, 9.17) is 12.2 Å². The van der Waals surface area contributed by atoms with Crippen LogP contribution in [0, 0.1) is 5.92 Å². The maximum atomic E-state index is 12.0. The Kier molecular flexibility index (Phi) is 6.84. The van der Waals surface area contributed by atoms with Crippen molar-refractivity contribution in [1.29, 1.82) is 0 Å². The van der Waals surface area contributed by atoms with Crippen LogP contribution in [0.1, 0.15) is 63.5 Å². The van der Waals surface area contributed by atoms with Crippen LogP contribution in [-0.4, -0.2) is 11.0 Å². The number of hydrogen-bond donors (Lipinski definition) is 2. The Labute approximate surface area is 138 Å². The summed E-state index contributed by atoms with van der Waals surface area (Å²) in [6.07, 6.45) is 8.12. The number of hydrogen-bond acceptors (Lipinski definition) is 2. The second-order valence-electron chi connectivity index (χ2n) is 6.20. The van der Waals surface area contributed by atoms with Crippen LogP contribution < -0.4 is 10.6 Å². The number of nitrogens with one attached hydrogen (secondary N) is 2. The largest absolute Gasteiger partial charge is 0.356 e. The summed E-state index contributed by atoms with van der Waals surface area (Å²) in [5.41, 5.74) is 1.15. The van der Waals surface area contributed by atoms with Crippen LogP contribution in [0.2, 0.25) is 0 Å². The van der Waals surface area contributed by atoms with Gasteiger partial charge < -0.3 is 10.6 Å². The molecular weight excluding hydrogens is 292 g/mol. The predicted octanol–water partition coefficient (Wildman–Crippen LogP) is 4.10. The quantitative estimate of drug-likeness (QED) is 0.803. The van der Waals surface area contributed by atoms with E-state index in [0.29, 0.717) is 11.5 Å². The van der Waals surface area contributed by atoms with Crippen LogP contribution in [0.25, 0.3) is 0 Å². The van der Waals surface area contributed by atoms with Crippen molar-refractivity contribution in [3.8, 4) is 0 Å². The first-order valence-electron chi connectivity index (χ1n) is 8.30. The molecule has 1 atom stereocenters. The van der Waals surface area contributed by atoms with Crippen molar-refractivity contribution >= 4 is 23.2 Å². The van der Waals surface area contributed by atoms with Gasteiger partial charge in [-0.2, -0.15) is 0 Å². The summed E-state index contributed by atoms with van der Waals surface area (Å²) in [7, 11) is 0. The van der Waals surface area contributed by atoms with Crippen molar-refractivity contribution in [1.82, 2.24) is 10.6 Å². The summed E-state index contributed by atoms with van der Waals surface area (Å²) >= 11 is 5.23. The van der Waals surface area contributed by atoms with Crippen molar-refractivity contribution in [2.24, 2.45) is 5.92 Å². The third-order valence-corrected chi connectivity index (χ3v) is 4.62. The van der Waals surface area contributed by atoms with E-state index in [1.807, 2.05) is 37.3 Å². The Hall–Kier alpha value is -1.42. The maximum Gasteiger partial charge on any atom is 0.226 e. The van der Waals surface area contributed by atoms with Crippen molar-refractivity contribution < 1.29 is 4.79 Å². The molecule has 1 aliphatic rings. The molecule has 1 fully saturated rings. The Balaban J connectivity index is 1.68. The van der Waals surface area contributed by atoms with Crippen LogP contribution in [-0.2, 0) is 4.79 Å². The zero-order valence-electron chi connectivity index (χ0n) is 13.3. The van der Waals surface area contributed by atoms with E-state index >= 15 is 0 Å². The first-order valence-corrected chi connectivity index (χ1v) is 8.71. The lowest BCUT2D eigenvalue weighted by molar-refractivity contribution is -0.120. The van der Waals surface area contributed by atoms with Gasteiger partial charge in [0.25, 0.3) is 0 Å². The van der Waals surface area contributed by atoms with Crippen LogP contribution in [0.3, 0.4) is 0 Å². The highest BCUT2D eigenvalue weighted by Gasteiger charge is 2.15. The van der Waals surface area contributed by atoms with E-state index in [9.17, 15) is 4.79 Å². The van der Waals surface area contributed by atoms with Crippen molar-refractivity contribution in [3.63, 3.8) is 0 Å². The monoisotopic (exact) mass is 318 g/mol. The van der Waals surface area contributed by atoms with Gasteiger partial charge in [0.2, 0.25) is 5.91 Å². The fourth-order valence-electron chi connectivity index (χ4n) is 3.06. The third kappa shape index (κ3) is 5.76. The molecule has 22 heavy (non-hydrogen) atoms. The molecule has 1 amide bonds. The molecule has 0 bridgehead atoms. The number of carbonyl (C=O) groups is 1. The van der Waals surface area contributed by atoms with E-state index in [1.165, 1.54) is 32.1 Å². The minimum atomic E-state index is 0.0309. The molecule has 3 nitrogen and oxygen atoms in total. The summed E-state index contributed by atoms with van der Waals surface area (Å²) in [4.78, 5) is 12.0.